The molecule has 0 spiro atoms. The summed E-state index contributed by atoms with van der Waals surface area (Å²) in [5.74, 6) is -0.574. The molecule has 0 unspecified atom stereocenters. The molecule has 0 aromatic heterocycles. The maximum atomic E-state index is 11.1. The first-order chi connectivity index (χ1) is 16.4. The molecule has 2 heterocycles. The molecular formula is C28H52O5Sn. The van der Waals surface area contributed by atoms with Crippen molar-refractivity contribution >= 4 is 24.7 Å². The van der Waals surface area contributed by atoms with Crippen molar-refractivity contribution in [3.05, 3.63) is 12.3 Å². The van der Waals surface area contributed by atoms with Crippen molar-refractivity contribution in [1.82, 2.24) is 0 Å². The van der Waals surface area contributed by atoms with Crippen LogP contribution in [0.4, 0.5) is 0 Å². The molecule has 0 N–H and O–H groups in total. The molecule has 34 heavy (non-hydrogen) atoms. The molecule has 2 saturated heterocycles. The van der Waals surface area contributed by atoms with Crippen molar-refractivity contribution in [3.8, 4) is 0 Å². The van der Waals surface area contributed by atoms with Crippen molar-refractivity contribution in [1.29, 1.82) is 0 Å². The molecule has 0 aromatic rings. The van der Waals surface area contributed by atoms with Gasteiger partial charge < -0.3 is 0 Å². The zero-order chi connectivity index (χ0) is 24.9. The van der Waals surface area contributed by atoms with Gasteiger partial charge in [-0.25, -0.2) is 0 Å². The quantitative estimate of drug-likeness (QED) is 0.107. The molecule has 2 fully saturated rings. The van der Waals surface area contributed by atoms with Gasteiger partial charge in [0.2, 0.25) is 0 Å². The number of rotatable bonds is 16. The SMILES string of the molecule is CCC[CH2][Sn]([CH2]/C=C\O[C@@H]1CC[C@@H]2OC(C)(C)OC[C@H]2O[C@H]1CCC=O)([CH2]CCC)[CH2]CCC. The van der Waals surface area contributed by atoms with Crippen molar-refractivity contribution in [2.24, 2.45) is 0 Å². The average molecular weight is 587 g/mol. The number of carbonyl (C=O) groups is 1. The maximum absolute atomic E-state index is 11.1. The van der Waals surface area contributed by atoms with Crippen LogP contribution in [0.15, 0.2) is 12.3 Å². The van der Waals surface area contributed by atoms with Crippen LogP contribution in [0.3, 0.4) is 0 Å². The Morgan fingerprint density at radius 2 is 1.62 bits per heavy atom. The average Bonchev–Trinajstić information content (AvgIpc) is 2.99. The first-order valence-electron chi connectivity index (χ1n) is 14.1. The third kappa shape index (κ3) is 10.1. The van der Waals surface area contributed by atoms with Gasteiger partial charge >= 0.3 is 214 Å². The fraction of sp³-hybridized carbons (Fsp3) is 0.893. The number of unbranched alkanes of at least 4 members (excludes halogenated alkanes) is 3. The van der Waals surface area contributed by atoms with Gasteiger partial charge in [-0.1, -0.05) is 0 Å². The standard InChI is InChI=1S/C16H25O5.3C4H9.Sn/c1-4-10-18-12-7-8-14-15(11-19-16(2,3)21-14)20-13(12)6-5-9-17;3*1-3-4-2;/h4,9-10,12-15H,1,5-8,11H2,2-3H3;3*1,3-4H2,2H3;/b10-4-;;;;/t12-,13+,14+,15-;;;;/m1..../s1. The van der Waals surface area contributed by atoms with E-state index in [4.69, 9.17) is 18.9 Å². The van der Waals surface area contributed by atoms with Crippen LogP contribution in [-0.4, -0.2) is 61.5 Å². The molecule has 0 aromatic carbocycles. The summed E-state index contributed by atoms with van der Waals surface area (Å²) in [5, 5.41) is 0. The molecule has 198 valence electrons. The minimum absolute atomic E-state index is 0.0149. The fourth-order valence-corrected chi connectivity index (χ4v) is 20.5. The summed E-state index contributed by atoms with van der Waals surface area (Å²) in [6.07, 6.45) is 16.1. The summed E-state index contributed by atoms with van der Waals surface area (Å²) in [4.78, 5) is 11.1. The number of aldehydes is 1. The Morgan fingerprint density at radius 3 is 2.21 bits per heavy atom. The predicted octanol–water partition coefficient (Wildman–Crippen LogP) is 7.41. The van der Waals surface area contributed by atoms with Gasteiger partial charge in [0.25, 0.3) is 0 Å². The van der Waals surface area contributed by atoms with Crippen LogP contribution in [0.5, 0.6) is 0 Å². The van der Waals surface area contributed by atoms with Gasteiger partial charge in [-0.3, -0.25) is 0 Å². The van der Waals surface area contributed by atoms with Gasteiger partial charge in [-0.2, -0.15) is 0 Å². The van der Waals surface area contributed by atoms with Crippen molar-refractivity contribution in [2.75, 3.05) is 6.61 Å². The molecule has 0 amide bonds. The molecule has 4 atom stereocenters. The molecule has 0 radical (unpaired) electrons. The number of hydrogen-bond acceptors (Lipinski definition) is 5. The molecular weight excluding hydrogens is 535 g/mol. The normalized spacial score (nSPS) is 27.3. The number of hydrogen-bond donors (Lipinski definition) is 0. The summed E-state index contributed by atoms with van der Waals surface area (Å²) in [7, 11) is 0. The number of carbonyl (C=O) groups excluding carboxylic acids is 1. The number of allylic oxidation sites excluding steroid dienone is 1. The van der Waals surface area contributed by atoms with Crippen molar-refractivity contribution in [2.45, 2.75) is 147 Å². The molecule has 5 nitrogen and oxygen atoms in total. The molecule has 2 rings (SSSR count). The van der Waals surface area contributed by atoms with E-state index in [1.54, 1.807) is 0 Å². The van der Waals surface area contributed by atoms with Gasteiger partial charge in [-0.15, -0.1) is 0 Å². The van der Waals surface area contributed by atoms with Crippen LogP contribution in [-0.2, 0) is 23.7 Å². The van der Waals surface area contributed by atoms with Crippen LogP contribution >= 0.6 is 0 Å². The number of ether oxygens (including phenoxy) is 4. The third-order valence-corrected chi connectivity index (χ3v) is 22.8. The second-order valence-electron chi connectivity index (χ2n) is 11.0. The Kier molecular flexibility index (Phi) is 14.1. The van der Waals surface area contributed by atoms with E-state index in [0.717, 1.165) is 19.1 Å². The zero-order valence-corrected chi connectivity index (χ0v) is 25.5. The van der Waals surface area contributed by atoms with Crippen LogP contribution in [0, 0.1) is 0 Å². The summed E-state index contributed by atoms with van der Waals surface area (Å²) < 4.78 is 30.6. The van der Waals surface area contributed by atoms with E-state index in [2.05, 4.69) is 26.8 Å². The van der Waals surface area contributed by atoms with Crippen molar-refractivity contribution < 1.29 is 23.7 Å². The van der Waals surface area contributed by atoms with Crippen LogP contribution in [0.2, 0.25) is 17.7 Å². The minimum atomic E-state index is -2.19. The van der Waals surface area contributed by atoms with E-state index in [-0.39, 0.29) is 24.4 Å². The monoisotopic (exact) mass is 588 g/mol. The van der Waals surface area contributed by atoms with E-state index in [1.807, 2.05) is 20.1 Å². The summed E-state index contributed by atoms with van der Waals surface area (Å²) in [6.45, 7) is 11.4. The van der Waals surface area contributed by atoms with Gasteiger partial charge in [-0.05, 0) is 0 Å². The van der Waals surface area contributed by atoms with Crippen LogP contribution < -0.4 is 0 Å². The van der Waals surface area contributed by atoms with Gasteiger partial charge in [0.15, 0.2) is 0 Å². The fourth-order valence-electron chi connectivity index (χ4n) is 5.50. The third-order valence-electron chi connectivity index (χ3n) is 7.60. The second-order valence-corrected chi connectivity index (χ2v) is 25.0. The Labute approximate surface area is 213 Å². The Balaban J connectivity index is 2.04. The molecule has 0 aliphatic carbocycles. The molecule has 2 aliphatic heterocycles. The Hall–Kier alpha value is -0.111. The van der Waals surface area contributed by atoms with E-state index in [1.165, 1.54) is 56.3 Å². The van der Waals surface area contributed by atoms with Crippen LogP contribution in [0.1, 0.15) is 98.8 Å². The van der Waals surface area contributed by atoms with E-state index >= 15 is 0 Å². The second kappa shape index (κ2) is 15.9. The Morgan fingerprint density at radius 1 is 0.971 bits per heavy atom. The van der Waals surface area contributed by atoms with Gasteiger partial charge in [0.05, 0.1) is 0 Å². The summed E-state index contributed by atoms with van der Waals surface area (Å²) >= 11 is -2.19. The predicted molar refractivity (Wildman–Crippen MR) is 142 cm³/mol. The van der Waals surface area contributed by atoms with E-state index in [0.29, 0.717) is 19.4 Å². The summed E-state index contributed by atoms with van der Waals surface area (Å²) in [6, 6.07) is 0. The molecule has 0 bridgehead atoms. The van der Waals surface area contributed by atoms with E-state index < -0.39 is 24.2 Å². The van der Waals surface area contributed by atoms with Crippen molar-refractivity contribution in [3.63, 3.8) is 0 Å². The topological polar surface area (TPSA) is 54.0 Å². The van der Waals surface area contributed by atoms with Gasteiger partial charge in [0, 0.05) is 0 Å². The van der Waals surface area contributed by atoms with Gasteiger partial charge in [0.1, 0.15) is 0 Å². The Bertz CT molecular complexity index is 572. The molecule has 0 saturated carbocycles. The van der Waals surface area contributed by atoms with E-state index in [9.17, 15) is 4.79 Å². The zero-order valence-electron chi connectivity index (χ0n) is 22.7. The number of fused-ring (bicyclic) bond motifs is 1. The summed E-state index contributed by atoms with van der Waals surface area (Å²) in [5.41, 5.74) is 0. The molecule has 2 aliphatic rings. The molecule has 6 heteroatoms. The first kappa shape index (κ1) is 30.1. The first-order valence-corrected chi connectivity index (χ1v) is 22.2. The van der Waals surface area contributed by atoms with Crippen LogP contribution in [0.25, 0.3) is 0 Å².